The molecule has 2 nitrogen and oxygen atoms in total. The van der Waals surface area contributed by atoms with Crippen LogP contribution in [0.3, 0.4) is 0 Å². The molecule has 1 rings (SSSR count). The maximum Gasteiger partial charge on any atom is 0.160 e. The first-order valence-corrected chi connectivity index (χ1v) is 6.72. The largest absolute Gasteiger partial charge is 0.375 e. The van der Waals surface area contributed by atoms with Crippen LogP contribution in [0.4, 0.5) is 5.69 Å². The van der Waals surface area contributed by atoms with Crippen LogP contribution in [-0.4, -0.2) is 19.4 Å². The monoisotopic (exact) mass is 297 g/mol. The zero-order chi connectivity index (χ0) is 13.0. The quantitative estimate of drug-likeness (QED) is 0.762. The maximum atomic E-state index is 11.3. The van der Waals surface area contributed by atoms with Crippen molar-refractivity contribution in [1.82, 2.24) is 0 Å². The highest BCUT2D eigenvalue weighted by Gasteiger charge is 2.08. The summed E-state index contributed by atoms with van der Waals surface area (Å²) in [5.74, 6) is 0.797. The van der Waals surface area contributed by atoms with Crippen LogP contribution in [0.5, 0.6) is 0 Å². The van der Waals surface area contributed by atoms with Gasteiger partial charge < -0.3 is 4.90 Å². The molecule has 0 bridgehead atoms. The van der Waals surface area contributed by atoms with Crippen LogP contribution in [0.15, 0.2) is 22.7 Å². The van der Waals surface area contributed by atoms with Gasteiger partial charge in [-0.15, -0.1) is 0 Å². The summed E-state index contributed by atoms with van der Waals surface area (Å²) in [5, 5.41) is 0. The van der Waals surface area contributed by atoms with Crippen LogP contribution in [0.1, 0.15) is 37.6 Å². The molecule has 0 heterocycles. The van der Waals surface area contributed by atoms with Crippen LogP contribution in [0, 0.1) is 5.92 Å². The predicted molar refractivity (Wildman–Crippen MR) is 76.9 cm³/mol. The van der Waals surface area contributed by atoms with E-state index in [2.05, 4.69) is 41.7 Å². The molecule has 0 aliphatic rings. The number of Topliss-reactive ketones (excluding diaryl/α,β-unsaturated/α-hetero) is 1. The Kier molecular flexibility index (Phi) is 5.19. The lowest BCUT2D eigenvalue weighted by molar-refractivity contribution is 0.101. The molecule has 0 aliphatic carbocycles. The van der Waals surface area contributed by atoms with Gasteiger partial charge in [0, 0.05) is 29.3 Å². The van der Waals surface area contributed by atoms with E-state index in [4.69, 9.17) is 0 Å². The molecule has 0 N–H and O–H groups in total. The summed E-state index contributed by atoms with van der Waals surface area (Å²) >= 11 is 3.45. The van der Waals surface area contributed by atoms with Crippen LogP contribution < -0.4 is 4.90 Å². The third kappa shape index (κ3) is 4.15. The Morgan fingerprint density at radius 3 is 2.53 bits per heavy atom. The molecule has 0 saturated carbocycles. The highest BCUT2D eigenvalue weighted by atomic mass is 79.9. The molecule has 17 heavy (non-hydrogen) atoms. The number of benzene rings is 1. The molecular weight excluding hydrogens is 278 g/mol. The molecule has 0 saturated heterocycles. The van der Waals surface area contributed by atoms with Gasteiger partial charge in [0.05, 0.1) is 0 Å². The van der Waals surface area contributed by atoms with Gasteiger partial charge in [-0.05, 0) is 53.4 Å². The van der Waals surface area contributed by atoms with Crippen molar-refractivity contribution in [2.45, 2.75) is 27.2 Å². The number of rotatable bonds is 5. The lowest BCUT2D eigenvalue weighted by Crippen LogP contribution is -2.19. The number of carbonyl (C=O) groups is 1. The van der Waals surface area contributed by atoms with E-state index in [1.54, 1.807) is 6.92 Å². The number of halogens is 1. The van der Waals surface area contributed by atoms with Crippen molar-refractivity contribution in [1.29, 1.82) is 0 Å². The van der Waals surface area contributed by atoms with E-state index in [9.17, 15) is 4.79 Å². The van der Waals surface area contributed by atoms with Gasteiger partial charge in [0.1, 0.15) is 0 Å². The Balaban J connectivity index is 2.79. The summed E-state index contributed by atoms with van der Waals surface area (Å²) in [4.78, 5) is 13.5. The minimum absolute atomic E-state index is 0.0910. The molecule has 0 atom stereocenters. The minimum Gasteiger partial charge on any atom is -0.375 e. The number of hydrogen-bond donors (Lipinski definition) is 0. The molecule has 1 aromatic rings. The van der Waals surface area contributed by atoms with Gasteiger partial charge in [0.2, 0.25) is 0 Å². The van der Waals surface area contributed by atoms with Crippen molar-refractivity contribution in [2.75, 3.05) is 18.5 Å². The number of nitrogens with zero attached hydrogens (tertiary/aromatic N) is 1. The third-order valence-corrected chi connectivity index (χ3v) is 3.47. The summed E-state index contributed by atoms with van der Waals surface area (Å²) in [7, 11) is 2.08. The smallest absolute Gasteiger partial charge is 0.160 e. The molecule has 0 amide bonds. The molecular formula is C14H20BrNO. The minimum atomic E-state index is 0.0910. The number of anilines is 1. The summed E-state index contributed by atoms with van der Waals surface area (Å²) in [6.07, 6.45) is 1.17. The van der Waals surface area contributed by atoms with Crippen molar-refractivity contribution in [3.05, 3.63) is 28.2 Å². The average molecular weight is 298 g/mol. The fourth-order valence-electron chi connectivity index (χ4n) is 1.61. The van der Waals surface area contributed by atoms with E-state index in [1.807, 2.05) is 18.2 Å². The van der Waals surface area contributed by atoms with E-state index in [-0.39, 0.29) is 5.78 Å². The van der Waals surface area contributed by atoms with E-state index in [0.29, 0.717) is 5.92 Å². The van der Waals surface area contributed by atoms with Gasteiger partial charge in [-0.3, -0.25) is 4.79 Å². The Morgan fingerprint density at radius 2 is 2.06 bits per heavy atom. The summed E-state index contributed by atoms with van der Waals surface area (Å²) in [5.41, 5.74) is 1.88. The Hall–Kier alpha value is -0.830. The summed E-state index contributed by atoms with van der Waals surface area (Å²) in [6.45, 7) is 7.07. The zero-order valence-corrected chi connectivity index (χ0v) is 12.5. The maximum absolute atomic E-state index is 11.3. The number of carbonyl (C=O) groups excluding carboxylic acids is 1. The Bertz CT molecular complexity index is 401. The van der Waals surface area contributed by atoms with Crippen molar-refractivity contribution < 1.29 is 4.79 Å². The highest BCUT2D eigenvalue weighted by Crippen LogP contribution is 2.24. The van der Waals surface area contributed by atoms with E-state index >= 15 is 0 Å². The predicted octanol–water partition coefficient (Wildman–Crippen LogP) is 4.13. The first-order chi connectivity index (χ1) is 7.91. The first-order valence-electron chi connectivity index (χ1n) is 5.93. The normalized spacial score (nSPS) is 10.7. The average Bonchev–Trinajstić information content (AvgIpc) is 2.25. The first kappa shape index (κ1) is 14.2. The molecule has 0 spiro atoms. The van der Waals surface area contributed by atoms with E-state index < -0.39 is 0 Å². The van der Waals surface area contributed by atoms with Crippen molar-refractivity contribution in [2.24, 2.45) is 5.92 Å². The fourth-order valence-corrected chi connectivity index (χ4v) is 2.25. The van der Waals surface area contributed by atoms with Crippen molar-refractivity contribution in [3.8, 4) is 0 Å². The second-order valence-electron chi connectivity index (χ2n) is 4.82. The lowest BCUT2D eigenvalue weighted by atomic mass is 10.1. The van der Waals surface area contributed by atoms with E-state index in [1.165, 1.54) is 6.42 Å². The van der Waals surface area contributed by atoms with Gasteiger partial charge in [-0.2, -0.15) is 0 Å². The van der Waals surface area contributed by atoms with Crippen LogP contribution in [0.2, 0.25) is 0 Å². The second kappa shape index (κ2) is 6.20. The second-order valence-corrected chi connectivity index (χ2v) is 5.68. The molecule has 0 fully saturated rings. The molecule has 1 aromatic carbocycles. The fraction of sp³-hybridized carbons (Fsp3) is 0.500. The lowest BCUT2D eigenvalue weighted by Gasteiger charge is -2.21. The molecule has 3 heteroatoms. The van der Waals surface area contributed by atoms with Crippen molar-refractivity contribution in [3.63, 3.8) is 0 Å². The van der Waals surface area contributed by atoms with Crippen LogP contribution >= 0.6 is 15.9 Å². The van der Waals surface area contributed by atoms with Gasteiger partial charge >= 0.3 is 0 Å². The number of hydrogen-bond acceptors (Lipinski definition) is 2. The zero-order valence-electron chi connectivity index (χ0n) is 11.0. The molecule has 0 aromatic heterocycles. The molecule has 94 valence electrons. The standard InChI is InChI=1S/C14H20BrNO/c1-10(2)7-8-16(4)12-5-6-13(11(3)17)14(15)9-12/h5-6,9-10H,7-8H2,1-4H3. The number of ketones is 1. The Morgan fingerprint density at radius 1 is 1.41 bits per heavy atom. The highest BCUT2D eigenvalue weighted by molar-refractivity contribution is 9.10. The topological polar surface area (TPSA) is 20.3 Å². The van der Waals surface area contributed by atoms with Crippen molar-refractivity contribution >= 4 is 27.4 Å². The molecule has 0 aliphatic heterocycles. The third-order valence-electron chi connectivity index (χ3n) is 2.81. The van der Waals surface area contributed by atoms with Gasteiger partial charge in [0.15, 0.2) is 5.78 Å². The van der Waals surface area contributed by atoms with Gasteiger partial charge in [-0.25, -0.2) is 0 Å². The van der Waals surface area contributed by atoms with Gasteiger partial charge in [-0.1, -0.05) is 13.8 Å². The molecule has 0 radical (unpaired) electrons. The SMILES string of the molecule is CC(=O)c1ccc(N(C)CCC(C)C)cc1Br. The van der Waals surface area contributed by atoms with Crippen LogP contribution in [-0.2, 0) is 0 Å². The summed E-state index contributed by atoms with van der Waals surface area (Å²) in [6, 6.07) is 5.90. The Labute approximate surface area is 112 Å². The van der Waals surface area contributed by atoms with Gasteiger partial charge in [0.25, 0.3) is 0 Å². The molecule has 0 unspecified atom stereocenters. The summed E-state index contributed by atoms with van der Waals surface area (Å²) < 4.78 is 0.874. The van der Waals surface area contributed by atoms with E-state index in [0.717, 1.165) is 22.3 Å². The van der Waals surface area contributed by atoms with Crippen LogP contribution in [0.25, 0.3) is 0 Å².